The first-order chi connectivity index (χ1) is 15.5. The number of pyridine rings is 1. The van der Waals surface area contributed by atoms with E-state index >= 15 is 0 Å². The lowest BCUT2D eigenvalue weighted by molar-refractivity contribution is -0.118. The minimum atomic E-state index is -0.0274. The van der Waals surface area contributed by atoms with Crippen LogP contribution in [-0.2, 0) is 17.9 Å². The number of nitrogens with zero attached hydrogens (tertiary/aromatic N) is 4. The van der Waals surface area contributed by atoms with Crippen molar-refractivity contribution in [2.24, 2.45) is 0 Å². The minimum Gasteiger partial charge on any atom is -0.491 e. The SMILES string of the molecule is CC(=O)NCCn1nc([C@H]2CCCN(Cc3cccc(OC(C)C)c3)C2)c2cccnc21. The Labute approximate surface area is 189 Å². The normalized spacial score (nSPS) is 17.1. The Hall–Kier alpha value is -2.93. The number of fused-ring (bicyclic) bond motifs is 1. The van der Waals surface area contributed by atoms with E-state index in [-0.39, 0.29) is 12.0 Å². The molecule has 0 saturated carbocycles. The van der Waals surface area contributed by atoms with Gasteiger partial charge in [0.15, 0.2) is 5.65 Å². The molecule has 1 amide bonds. The van der Waals surface area contributed by atoms with Crippen molar-refractivity contribution in [1.29, 1.82) is 0 Å². The molecule has 3 aromatic rings. The summed E-state index contributed by atoms with van der Waals surface area (Å²) >= 11 is 0. The van der Waals surface area contributed by atoms with E-state index in [4.69, 9.17) is 9.84 Å². The molecule has 1 atom stereocenters. The van der Waals surface area contributed by atoms with Gasteiger partial charge >= 0.3 is 0 Å². The lowest BCUT2D eigenvalue weighted by atomic mass is 9.93. The highest BCUT2D eigenvalue weighted by atomic mass is 16.5. The van der Waals surface area contributed by atoms with Crippen molar-refractivity contribution >= 4 is 16.9 Å². The molecule has 2 aromatic heterocycles. The van der Waals surface area contributed by atoms with Gasteiger partial charge in [0, 0.05) is 44.1 Å². The van der Waals surface area contributed by atoms with E-state index in [1.165, 1.54) is 12.5 Å². The fourth-order valence-corrected chi connectivity index (χ4v) is 4.50. The number of likely N-dealkylation sites (tertiary alicyclic amines) is 1. The molecule has 3 heterocycles. The summed E-state index contributed by atoms with van der Waals surface area (Å²) in [5, 5.41) is 8.93. The summed E-state index contributed by atoms with van der Waals surface area (Å²) in [5.74, 6) is 1.27. The Balaban J connectivity index is 1.49. The van der Waals surface area contributed by atoms with Crippen molar-refractivity contribution in [3.05, 3.63) is 53.9 Å². The number of amides is 1. The third-order valence-corrected chi connectivity index (χ3v) is 5.80. The van der Waals surface area contributed by atoms with Crippen LogP contribution in [0.25, 0.3) is 11.0 Å². The molecule has 32 heavy (non-hydrogen) atoms. The lowest BCUT2D eigenvalue weighted by Crippen LogP contribution is -2.34. The van der Waals surface area contributed by atoms with Crippen LogP contribution >= 0.6 is 0 Å². The zero-order valence-electron chi connectivity index (χ0n) is 19.3. The van der Waals surface area contributed by atoms with E-state index in [2.05, 4.69) is 53.3 Å². The van der Waals surface area contributed by atoms with Gasteiger partial charge < -0.3 is 10.1 Å². The highest BCUT2D eigenvalue weighted by Gasteiger charge is 2.26. The Kier molecular flexibility index (Phi) is 7.05. The van der Waals surface area contributed by atoms with E-state index in [0.29, 0.717) is 19.0 Å². The number of carbonyl (C=O) groups is 1. The minimum absolute atomic E-state index is 0.0274. The number of hydrogen-bond acceptors (Lipinski definition) is 5. The molecule has 0 radical (unpaired) electrons. The molecule has 0 spiro atoms. The third kappa shape index (κ3) is 5.46. The summed E-state index contributed by atoms with van der Waals surface area (Å²) in [6.07, 6.45) is 4.25. The van der Waals surface area contributed by atoms with Crippen LogP contribution in [0.5, 0.6) is 5.75 Å². The van der Waals surface area contributed by atoms with E-state index < -0.39 is 0 Å². The Bertz CT molecular complexity index is 1060. The fourth-order valence-electron chi connectivity index (χ4n) is 4.50. The van der Waals surface area contributed by atoms with Crippen LogP contribution in [0.4, 0.5) is 0 Å². The molecule has 1 fully saturated rings. The van der Waals surface area contributed by atoms with Gasteiger partial charge in [0.1, 0.15) is 5.75 Å². The summed E-state index contributed by atoms with van der Waals surface area (Å²) in [6, 6.07) is 12.5. The van der Waals surface area contributed by atoms with Crippen LogP contribution in [0.2, 0.25) is 0 Å². The van der Waals surface area contributed by atoms with Gasteiger partial charge in [0.2, 0.25) is 5.91 Å². The van der Waals surface area contributed by atoms with Gasteiger partial charge in [-0.1, -0.05) is 12.1 Å². The second-order valence-corrected chi connectivity index (χ2v) is 8.85. The summed E-state index contributed by atoms with van der Waals surface area (Å²) in [5.41, 5.74) is 3.29. The average Bonchev–Trinajstić information content (AvgIpc) is 3.12. The quantitative estimate of drug-likeness (QED) is 0.584. The van der Waals surface area contributed by atoms with E-state index in [1.54, 1.807) is 0 Å². The number of nitrogens with one attached hydrogen (secondary N) is 1. The fraction of sp³-hybridized carbons (Fsp3) is 0.480. The van der Waals surface area contributed by atoms with Gasteiger partial charge in [0.25, 0.3) is 0 Å². The maximum atomic E-state index is 11.2. The molecule has 0 aliphatic carbocycles. The van der Waals surface area contributed by atoms with Crippen LogP contribution in [0.1, 0.15) is 50.8 Å². The largest absolute Gasteiger partial charge is 0.491 e. The van der Waals surface area contributed by atoms with Crippen LogP contribution in [0.3, 0.4) is 0 Å². The second kappa shape index (κ2) is 10.1. The molecule has 0 bridgehead atoms. The standard InChI is InChI=1S/C25H33N5O2/c1-18(2)32-22-9-4-7-20(15-22)16-29-13-6-8-21(17-29)24-23-10-5-11-27-25(23)30(28-24)14-12-26-19(3)31/h4-5,7,9-11,15,18,21H,6,8,12-14,16-17H2,1-3H3,(H,26,31)/t21-/m0/s1. The summed E-state index contributed by atoms with van der Waals surface area (Å²) in [6.45, 7) is 9.77. The third-order valence-electron chi connectivity index (χ3n) is 5.80. The van der Waals surface area contributed by atoms with Gasteiger partial charge in [-0.3, -0.25) is 9.69 Å². The van der Waals surface area contributed by atoms with Crippen molar-refractivity contribution in [2.75, 3.05) is 19.6 Å². The molecule has 1 N–H and O–H groups in total. The first-order valence-corrected chi connectivity index (χ1v) is 11.5. The highest BCUT2D eigenvalue weighted by molar-refractivity contribution is 5.79. The van der Waals surface area contributed by atoms with Gasteiger partial charge in [-0.05, 0) is 63.1 Å². The smallest absolute Gasteiger partial charge is 0.216 e. The van der Waals surface area contributed by atoms with Crippen LogP contribution in [-0.4, -0.2) is 51.3 Å². The molecule has 170 valence electrons. The zero-order chi connectivity index (χ0) is 22.5. The predicted molar refractivity (Wildman–Crippen MR) is 126 cm³/mol. The van der Waals surface area contributed by atoms with Crippen LogP contribution in [0, 0.1) is 0 Å². The summed E-state index contributed by atoms with van der Waals surface area (Å²) in [7, 11) is 0. The molecule has 1 aromatic carbocycles. The highest BCUT2D eigenvalue weighted by Crippen LogP contribution is 2.31. The maximum absolute atomic E-state index is 11.2. The van der Waals surface area contributed by atoms with E-state index in [1.807, 2.05) is 23.0 Å². The number of piperidine rings is 1. The van der Waals surface area contributed by atoms with Crippen molar-refractivity contribution in [1.82, 2.24) is 25.0 Å². The van der Waals surface area contributed by atoms with Crippen molar-refractivity contribution in [3.63, 3.8) is 0 Å². The maximum Gasteiger partial charge on any atom is 0.216 e. The molecular formula is C25H33N5O2. The first kappa shape index (κ1) is 22.3. The van der Waals surface area contributed by atoms with Crippen molar-refractivity contribution < 1.29 is 9.53 Å². The molecule has 7 heteroatoms. The molecule has 1 saturated heterocycles. The summed E-state index contributed by atoms with van der Waals surface area (Å²) < 4.78 is 7.80. The van der Waals surface area contributed by atoms with Gasteiger partial charge in [0.05, 0.1) is 18.3 Å². The molecule has 0 unspecified atom stereocenters. The Morgan fingerprint density at radius 3 is 2.97 bits per heavy atom. The molecular weight excluding hydrogens is 402 g/mol. The van der Waals surface area contributed by atoms with Gasteiger partial charge in [-0.25, -0.2) is 9.67 Å². The van der Waals surface area contributed by atoms with Crippen molar-refractivity contribution in [3.8, 4) is 5.75 Å². The van der Waals surface area contributed by atoms with Crippen LogP contribution in [0.15, 0.2) is 42.6 Å². The predicted octanol–water partition coefficient (Wildman–Crippen LogP) is 3.73. The number of carbonyl (C=O) groups excluding carboxylic acids is 1. The summed E-state index contributed by atoms with van der Waals surface area (Å²) in [4.78, 5) is 18.3. The first-order valence-electron chi connectivity index (χ1n) is 11.5. The molecule has 7 nitrogen and oxygen atoms in total. The van der Waals surface area contributed by atoms with E-state index in [9.17, 15) is 4.79 Å². The Morgan fingerprint density at radius 1 is 1.28 bits per heavy atom. The van der Waals surface area contributed by atoms with Gasteiger partial charge in [-0.15, -0.1) is 0 Å². The van der Waals surface area contributed by atoms with E-state index in [0.717, 1.165) is 55.0 Å². The second-order valence-electron chi connectivity index (χ2n) is 8.85. The zero-order valence-corrected chi connectivity index (χ0v) is 19.3. The lowest BCUT2D eigenvalue weighted by Gasteiger charge is -2.32. The molecule has 1 aliphatic rings. The topological polar surface area (TPSA) is 72.3 Å². The molecule has 4 rings (SSSR count). The molecule has 1 aliphatic heterocycles. The number of rotatable bonds is 8. The van der Waals surface area contributed by atoms with Crippen molar-refractivity contribution in [2.45, 2.75) is 58.7 Å². The van der Waals surface area contributed by atoms with Gasteiger partial charge in [-0.2, -0.15) is 5.10 Å². The number of aromatic nitrogens is 3. The number of hydrogen-bond donors (Lipinski definition) is 1. The Morgan fingerprint density at radius 2 is 2.16 bits per heavy atom. The monoisotopic (exact) mass is 435 g/mol. The van der Waals surface area contributed by atoms with Crippen LogP contribution < -0.4 is 10.1 Å². The number of ether oxygens (including phenoxy) is 1. The number of benzene rings is 1. The average molecular weight is 436 g/mol.